The van der Waals surface area contributed by atoms with Crippen LogP contribution in [-0.4, -0.2) is 41.7 Å². The summed E-state index contributed by atoms with van der Waals surface area (Å²) in [4.78, 5) is 0. The van der Waals surface area contributed by atoms with E-state index in [1.54, 1.807) is 6.92 Å². The Morgan fingerprint density at radius 3 is 1.76 bits per heavy atom. The third-order valence-electron chi connectivity index (χ3n) is 3.90. The maximum absolute atomic E-state index is 9.64. The van der Waals surface area contributed by atoms with E-state index in [1.807, 2.05) is 0 Å². The van der Waals surface area contributed by atoms with Gasteiger partial charge in [-0.1, -0.05) is 64.7 Å². The highest BCUT2D eigenvalue weighted by Crippen LogP contribution is 2.11. The van der Waals surface area contributed by atoms with Gasteiger partial charge in [0.05, 0.1) is 12.2 Å². The SMILES string of the molecule is CCCCCCCCCCCCOC(C(C)O)C(O)CN. The number of ether oxygens (including phenoxy) is 1. The van der Waals surface area contributed by atoms with Crippen molar-refractivity contribution in [2.75, 3.05) is 13.2 Å². The molecule has 0 radical (unpaired) electrons. The van der Waals surface area contributed by atoms with Crippen LogP contribution in [0, 0.1) is 0 Å². The lowest BCUT2D eigenvalue weighted by Gasteiger charge is -2.24. The van der Waals surface area contributed by atoms with E-state index in [0.717, 1.165) is 12.8 Å². The topological polar surface area (TPSA) is 75.7 Å². The van der Waals surface area contributed by atoms with E-state index in [1.165, 1.54) is 51.4 Å². The third-order valence-corrected chi connectivity index (χ3v) is 3.90. The van der Waals surface area contributed by atoms with Gasteiger partial charge in [0.25, 0.3) is 0 Å². The Morgan fingerprint density at radius 1 is 0.857 bits per heavy atom. The lowest BCUT2D eigenvalue weighted by Crippen LogP contribution is -2.42. The van der Waals surface area contributed by atoms with Crippen molar-refractivity contribution in [3.63, 3.8) is 0 Å². The molecule has 0 saturated heterocycles. The van der Waals surface area contributed by atoms with E-state index in [2.05, 4.69) is 6.92 Å². The first-order valence-electron chi connectivity index (χ1n) is 8.81. The van der Waals surface area contributed by atoms with Crippen molar-refractivity contribution < 1.29 is 14.9 Å². The molecule has 0 rings (SSSR count). The first-order valence-corrected chi connectivity index (χ1v) is 8.81. The monoisotopic (exact) mass is 303 g/mol. The minimum Gasteiger partial charge on any atom is -0.391 e. The first-order chi connectivity index (χ1) is 10.1. The molecule has 0 fully saturated rings. The average Bonchev–Trinajstić information content (AvgIpc) is 2.47. The van der Waals surface area contributed by atoms with E-state index in [-0.39, 0.29) is 6.54 Å². The summed E-state index contributed by atoms with van der Waals surface area (Å²) < 4.78 is 5.55. The minimum atomic E-state index is -0.784. The van der Waals surface area contributed by atoms with E-state index in [0.29, 0.717) is 6.61 Å². The van der Waals surface area contributed by atoms with Gasteiger partial charge in [0.2, 0.25) is 0 Å². The predicted octanol–water partition coefficient (Wildman–Crippen LogP) is 2.99. The molecule has 21 heavy (non-hydrogen) atoms. The lowest BCUT2D eigenvalue weighted by molar-refractivity contribution is -0.0914. The van der Waals surface area contributed by atoms with Crippen LogP contribution < -0.4 is 5.73 Å². The summed E-state index contributed by atoms with van der Waals surface area (Å²) in [5.74, 6) is 0. The Balaban J connectivity index is 3.38. The Morgan fingerprint density at radius 2 is 1.33 bits per heavy atom. The summed E-state index contributed by atoms with van der Waals surface area (Å²) in [6.45, 7) is 4.58. The summed E-state index contributed by atoms with van der Waals surface area (Å²) in [6.07, 6.45) is 10.8. The van der Waals surface area contributed by atoms with Crippen LogP contribution in [0.5, 0.6) is 0 Å². The number of aliphatic hydroxyl groups excluding tert-OH is 2. The Labute approximate surface area is 131 Å². The molecule has 4 nitrogen and oxygen atoms in total. The van der Waals surface area contributed by atoms with E-state index in [4.69, 9.17) is 10.5 Å². The fourth-order valence-electron chi connectivity index (χ4n) is 2.51. The Hall–Kier alpha value is -0.160. The van der Waals surface area contributed by atoms with E-state index >= 15 is 0 Å². The van der Waals surface area contributed by atoms with E-state index < -0.39 is 18.3 Å². The molecule has 128 valence electrons. The minimum absolute atomic E-state index is 0.119. The highest BCUT2D eigenvalue weighted by atomic mass is 16.5. The molecule has 3 unspecified atom stereocenters. The van der Waals surface area contributed by atoms with Crippen LogP contribution in [0.15, 0.2) is 0 Å². The van der Waals surface area contributed by atoms with Gasteiger partial charge in [-0.15, -0.1) is 0 Å². The molecule has 0 aromatic heterocycles. The van der Waals surface area contributed by atoms with Crippen LogP contribution in [0.3, 0.4) is 0 Å². The Bertz CT molecular complexity index is 212. The van der Waals surface area contributed by atoms with Crippen LogP contribution in [-0.2, 0) is 4.74 Å². The van der Waals surface area contributed by atoms with Gasteiger partial charge in [0, 0.05) is 13.2 Å². The van der Waals surface area contributed by atoms with Gasteiger partial charge in [-0.3, -0.25) is 0 Å². The smallest absolute Gasteiger partial charge is 0.110 e. The molecule has 4 N–H and O–H groups in total. The quantitative estimate of drug-likeness (QED) is 0.407. The molecule has 4 heteroatoms. The van der Waals surface area contributed by atoms with Gasteiger partial charge in [-0.25, -0.2) is 0 Å². The number of hydrogen-bond acceptors (Lipinski definition) is 4. The highest BCUT2D eigenvalue weighted by molar-refractivity contribution is 4.74. The molecule has 0 spiro atoms. The van der Waals surface area contributed by atoms with Gasteiger partial charge in [0.15, 0.2) is 0 Å². The molecule has 0 aromatic rings. The van der Waals surface area contributed by atoms with Gasteiger partial charge in [0.1, 0.15) is 6.10 Å². The average molecular weight is 303 g/mol. The zero-order chi connectivity index (χ0) is 15.9. The van der Waals surface area contributed by atoms with Crippen molar-refractivity contribution in [3.05, 3.63) is 0 Å². The Kier molecular flexibility index (Phi) is 14.7. The molecular weight excluding hydrogens is 266 g/mol. The highest BCUT2D eigenvalue weighted by Gasteiger charge is 2.23. The number of nitrogens with two attached hydrogens (primary N) is 1. The molecule has 0 aliphatic rings. The maximum atomic E-state index is 9.64. The molecule has 0 amide bonds. The number of unbranched alkanes of at least 4 members (excludes halogenated alkanes) is 9. The molecule has 0 aliphatic carbocycles. The van der Waals surface area contributed by atoms with Crippen LogP contribution in [0.2, 0.25) is 0 Å². The summed E-state index contributed by atoms with van der Waals surface area (Å²) >= 11 is 0. The fraction of sp³-hybridized carbons (Fsp3) is 1.00. The zero-order valence-electron chi connectivity index (χ0n) is 14.1. The molecule has 0 aromatic carbocycles. The third kappa shape index (κ3) is 12.1. The summed E-state index contributed by atoms with van der Waals surface area (Å²) in [5.41, 5.74) is 5.40. The van der Waals surface area contributed by atoms with Crippen molar-refractivity contribution in [2.24, 2.45) is 5.73 Å². The fourth-order valence-corrected chi connectivity index (χ4v) is 2.51. The van der Waals surface area contributed by atoms with Crippen LogP contribution in [0.1, 0.15) is 78.1 Å². The number of rotatable bonds is 15. The van der Waals surface area contributed by atoms with Crippen LogP contribution in [0.4, 0.5) is 0 Å². The second-order valence-electron chi connectivity index (χ2n) is 6.06. The molecule has 3 atom stereocenters. The largest absolute Gasteiger partial charge is 0.391 e. The summed E-state index contributed by atoms with van der Waals surface area (Å²) in [7, 11) is 0. The van der Waals surface area contributed by atoms with Crippen molar-refractivity contribution in [1.29, 1.82) is 0 Å². The van der Waals surface area contributed by atoms with Crippen LogP contribution >= 0.6 is 0 Å². The molecule has 0 heterocycles. The van der Waals surface area contributed by atoms with Crippen molar-refractivity contribution in [1.82, 2.24) is 0 Å². The predicted molar refractivity (Wildman–Crippen MR) is 88.3 cm³/mol. The molecule has 0 aliphatic heterocycles. The molecule has 0 bridgehead atoms. The van der Waals surface area contributed by atoms with Crippen molar-refractivity contribution >= 4 is 0 Å². The second-order valence-corrected chi connectivity index (χ2v) is 6.06. The van der Waals surface area contributed by atoms with Crippen LogP contribution in [0.25, 0.3) is 0 Å². The van der Waals surface area contributed by atoms with E-state index in [9.17, 15) is 10.2 Å². The summed E-state index contributed by atoms with van der Waals surface area (Å²) in [6, 6.07) is 0. The normalized spacial score (nSPS) is 15.9. The zero-order valence-corrected chi connectivity index (χ0v) is 14.1. The second kappa shape index (κ2) is 14.8. The molecule has 0 saturated carbocycles. The van der Waals surface area contributed by atoms with Gasteiger partial charge in [-0.2, -0.15) is 0 Å². The first kappa shape index (κ1) is 20.8. The maximum Gasteiger partial charge on any atom is 0.110 e. The lowest BCUT2D eigenvalue weighted by atomic mass is 10.1. The summed E-state index contributed by atoms with van der Waals surface area (Å²) in [5, 5.41) is 19.2. The molecular formula is C17H37NO3. The van der Waals surface area contributed by atoms with Gasteiger partial charge in [-0.05, 0) is 13.3 Å². The van der Waals surface area contributed by atoms with Gasteiger partial charge < -0.3 is 20.7 Å². The van der Waals surface area contributed by atoms with Crippen molar-refractivity contribution in [3.8, 4) is 0 Å². The number of hydrogen-bond donors (Lipinski definition) is 3. The van der Waals surface area contributed by atoms with Crippen molar-refractivity contribution in [2.45, 2.75) is 96.4 Å². The standard InChI is InChI=1S/C17H37NO3/c1-3-4-5-6-7-8-9-10-11-12-13-21-17(15(2)19)16(20)14-18/h15-17,19-20H,3-14,18H2,1-2H3. The number of aliphatic hydroxyl groups is 2. The van der Waals surface area contributed by atoms with Gasteiger partial charge >= 0.3 is 0 Å².